The molecule has 5 heteroatoms. The molecule has 1 aromatic heterocycles. The van der Waals surface area contributed by atoms with Crippen LogP contribution in [0.4, 0.5) is 0 Å². The molecule has 0 bridgehead atoms. The normalized spacial score (nSPS) is 21.1. The second-order valence-electron chi connectivity index (χ2n) is 5.11. The average molecular weight is 265 g/mol. The minimum Gasteiger partial charge on any atom is -0.467 e. The smallest absolute Gasteiger partial charge is 0.268 e. The van der Waals surface area contributed by atoms with Crippen molar-refractivity contribution < 1.29 is 9.21 Å². The molecule has 1 amide bonds. The Hall–Kier alpha value is -1.33. The molecule has 1 aliphatic heterocycles. The van der Waals surface area contributed by atoms with Crippen molar-refractivity contribution in [1.82, 2.24) is 10.3 Å². The number of carbonyl (C=O) groups is 1. The van der Waals surface area contributed by atoms with Gasteiger partial charge in [0.05, 0.1) is 18.4 Å². The molecule has 2 heterocycles. The molecule has 5 nitrogen and oxygen atoms in total. The molecule has 0 spiro atoms. The molecule has 19 heavy (non-hydrogen) atoms. The van der Waals surface area contributed by atoms with E-state index < -0.39 is 0 Å². The lowest BCUT2D eigenvalue weighted by molar-refractivity contribution is 0.0948. The van der Waals surface area contributed by atoms with Gasteiger partial charge < -0.3 is 4.42 Å². The number of likely N-dealkylation sites (tertiary alicyclic amines) is 1. The van der Waals surface area contributed by atoms with Crippen LogP contribution in [0.2, 0.25) is 0 Å². The maximum Gasteiger partial charge on any atom is 0.268 e. The van der Waals surface area contributed by atoms with E-state index in [-0.39, 0.29) is 5.91 Å². The molecule has 1 unspecified atom stereocenters. The van der Waals surface area contributed by atoms with E-state index in [1.807, 2.05) is 0 Å². The molecular formula is C14H23N3O2. The summed E-state index contributed by atoms with van der Waals surface area (Å²) >= 11 is 0. The van der Waals surface area contributed by atoms with Crippen molar-refractivity contribution in [3.63, 3.8) is 0 Å². The highest BCUT2D eigenvalue weighted by Crippen LogP contribution is 2.23. The third-order valence-corrected chi connectivity index (χ3v) is 3.94. The van der Waals surface area contributed by atoms with Gasteiger partial charge in [0, 0.05) is 6.04 Å². The van der Waals surface area contributed by atoms with Crippen LogP contribution in [0.25, 0.3) is 0 Å². The van der Waals surface area contributed by atoms with Gasteiger partial charge in [-0.1, -0.05) is 19.8 Å². The fraction of sp³-hybridized carbons (Fsp3) is 0.643. The fourth-order valence-electron chi connectivity index (χ4n) is 2.83. The number of hydrogen-bond acceptors (Lipinski definition) is 4. The van der Waals surface area contributed by atoms with Crippen molar-refractivity contribution in [2.45, 2.75) is 51.6 Å². The summed E-state index contributed by atoms with van der Waals surface area (Å²) in [6.07, 6.45) is 7.73. The third kappa shape index (κ3) is 3.36. The van der Waals surface area contributed by atoms with Crippen LogP contribution in [0.1, 0.15) is 55.1 Å². The lowest BCUT2D eigenvalue weighted by Crippen LogP contribution is -2.35. The first-order valence-corrected chi connectivity index (χ1v) is 7.07. The number of nitrogens with zero attached hydrogens (tertiary/aromatic N) is 1. The monoisotopic (exact) mass is 265 g/mol. The van der Waals surface area contributed by atoms with E-state index in [9.17, 15) is 4.79 Å². The highest BCUT2D eigenvalue weighted by Gasteiger charge is 2.23. The topological polar surface area (TPSA) is 71.5 Å². The summed E-state index contributed by atoms with van der Waals surface area (Å²) in [5, 5.41) is 0. The van der Waals surface area contributed by atoms with E-state index in [2.05, 4.69) is 17.2 Å². The number of nitrogens with two attached hydrogens (primary N) is 1. The molecule has 0 radical (unpaired) electrons. The number of nitrogens with one attached hydrogen (secondary N) is 1. The fourth-order valence-corrected chi connectivity index (χ4v) is 2.83. The molecule has 1 fully saturated rings. The third-order valence-electron chi connectivity index (χ3n) is 3.94. The Morgan fingerprint density at radius 1 is 1.53 bits per heavy atom. The van der Waals surface area contributed by atoms with Crippen molar-refractivity contribution in [2.24, 2.45) is 5.84 Å². The molecular weight excluding hydrogens is 242 g/mol. The van der Waals surface area contributed by atoms with Gasteiger partial charge in [-0.05, 0) is 31.9 Å². The zero-order valence-electron chi connectivity index (χ0n) is 11.5. The van der Waals surface area contributed by atoms with Crippen molar-refractivity contribution in [2.75, 3.05) is 6.54 Å². The van der Waals surface area contributed by atoms with Crippen LogP contribution in [0, 0.1) is 0 Å². The van der Waals surface area contributed by atoms with E-state index in [1.54, 1.807) is 12.3 Å². The summed E-state index contributed by atoms with van der Waals surface area (Å²) in [4.78, 5) is 14.1. The van der Waals surface area contributed by atoms with Crippen LogP contribution in [0.15, 0.2) is 16.7 Å². The summed E-state index contributed by atoms with van der Waals surface area (Å²) < 4.78 is 5.47. The van der Waals surface area contributed by atoms with Gasteiger partial charge >= 0.3 is 0 Å². The summed E-state index contributed by atoms with van der Waals surface area (Å²) in [6.45, 7) is 3.98. The summed E-state index contributed by atoms with van der Waals surface area (Å²) in [7, 11) is 0. The number of hydrogen-bond donors (Lipinski definition) is 2. The van der Waals surface area contributed by atoms with Gasteiger partial charge in [0.1, 0.15) is 5.76 Å². The SMILES string of the molecule is CCC1CCCCCN1Cc1occc1C(=O)NN. The second kappa shape index (κ2) is 6.73. The highest BCUT2D eigenvalue weighted by atomic mass is 16.3. The van der Waals surface area contributed by atoms with Gasteiger partial charge in [-0.25, -0.2) is 5.84 Å². The summed E-state index contributed by atoms with van der Waals surface area (Å²) in [6, 6.07) is 2.26. The van der Waals surface area contributed by atoms with Crippen LogP contribution < -0.4 is 11.3 Å². The Balaban J connectivity index is 2.10. The van der Waals surface area contributed by atoms with Crippen molar-refractivity contribution >= 4 is 5.91 Å². The Labute approximate surface area is 114 Å². The summed E-state index contributed by atoms with van der Waals surface area (Å²) in [5.41, 5.74) is 2.71. The maximum absolute atomic E-state index is 11.6. The van der Waals surface area contributed by atoms with E-state index in [1.165, 1.54) is 25.7 Å². The van der Waals surface area contributed by atoms with E-state index in [0.717, 1.165) is 13.0 Å². The lowest BCUT2D eigenvalue weighted by atomic mass is 10.1. The lowest BCUT2D eigenvalue weighted by Gasteiger charge is -2.28. The quantitative estimate of drug-likeness (QED) is 0.496. The Kier molecular flexibility index (Phi) is 4.99. The first-order chi connectivity index (χ1) is 9.26. The Bertz CT molecular complexity index is 417. The number of amides is 1. The van der Waals surface area contributed by atoms with Crippen LogP contribution in [-0.4, -0.2) is 23.4 Å². The molecule has 1 aliphatic rings. The zero-order valence-corrected chi connectivity index (χ0v) is 11.5. The van der Waals surface area contributed by atoms with Crippen LogP contribution >= 0.6 is 0 Å². The standard InChI is InChI=1S/C14H23N3O2/c1-2-11-6-4-3-5-8-17(11)10-13-12(7-9-19-13)14(18)16-15/h7,9,11H,2-6,8,10,15H2,1H3,(H,16,18). The minimum atomic E-state index is -0.286. The maximum atomic E-state index is 11.6. The van der Waals surface area contributed by atoms with E-state index in [0.29, 0.717) is 23.9 Å². The Morgan fingerprint density at radius 3 is 3.11 bits per heavy atom. The van der Waals surface area contributed by atoms with E-state index in [4.69, 9.17) is 10.3 Å². The number of furan rings is 1. The van der Waals surface area contributed by atoms with Crippen molar-refractivity contribution in [3.05, 3.63) is 23.7 Å². The highest BCUT2D eigenvalue weighted by molar-refractivity contribution is 5.94. The van der Waals surface area contributed by atoms with Gasteiger partial charge in [0.15, 0.2) is 0 Å². The number of nitrogen functional groups attached to an aromatic ring is 1. The van der Waals surface area contributed by atoms with E-state index >= 15 is 0 Å². The molecule has 0 saturated carbocycles. The van der Waals surface area contributed by atoms with Gasteiger partial charge in [-0.15, -0.1) is 0 Å². The number of hydrazine groups is 1. The van der Waals surface area contributed by atoms with Crippen LogP contribution in [0.3, 0.4) is 0 Å². The number of rotatable bonds is 4. The zero-order chi connectivity index (χ0) is 13.7. The molecule has 1 atom stereocenters. The molecule has 1 aromatic rings. The first kappa shape index (κ1) is 14.1. The van der Waals surface area contributed by atoms with Gasteiger partial charge in [0.2, 0.25) is 0 Å². The predicted molar refractivity (Wildman–Crippen MR) is 73.3 cm³/mol. The average Bonchev–Trinajstić information content (AvgIpc) is 2.77. The second-order valence-corrected chi connectivity index (χ2v) is 5.11. The Morgan fingerprint density at radius 2 is 2.37 bits per heavy atom. The van der Waals surface area contributed by atoms with Crippen LogP contribution in [0.5, 0.6) is 0 Å². The molecule has 3 N–H and O–H groups in total. The minimum absolute atomic E-state index is 0.286. The van der Waals surface area contributed by atoms with Crippen LogP contribution in [-0.2, 0) is 6.54 Å². The predicted octanol–water partition coefficient (Wildman–Crippen LogP) is 2.04. The first-order valence-electron chi connectivity index (χ1n) is 7.07. The van der Waals surface area contributed by atoms with Gasteiger partial charge in [-0.2, -0.15) is 0 Å². The largest absolute Gasteiger partial charge is 0.467 e. The van der Waals surface area contributed by atoms with Gasteiger partial charge in [-0.3, -0.25) is 15.1 Å². The van der Waals surface area contributed by atoms with Crippen molar-refractivity contribution in [1.29, 1.82) is 0 Å². The number of carbonyl (C=O) groups excluding carboxylic acids is 1. The molecule has 2 rings (SSSR count). The molecule has 106 valence electrons. The summed E-state index contributed by atoms with van der Waals surface area (Å²) in [5.74, 6) is 5.61. The molecule has 0 aromatic carbocycles. The van der Waals surface area contributed by atoms with Crippen molar-refractivity contribution in [3.8, 4) is 0 Å². The molecule has 0 aliphatic carbocycles. The van der Waals surface area contributed by atoms with Gasteiger partial charge in [0.25, 0.3) is 5.91 Å². The molecule has 1 saturated heterocycles.